The van der Waals surface area contributed by atoms with E-state index in [0.29, 0.717) is 12.0 Å². The number of aromatic nitrogens is 1. The van der Waals surface area contributed by atoms with Crippen LogP contribution in [0.3, 0.4) is 0 Å². The highest BCUT2D eigenvalue weighted by Gasteiger charge is 2.25. The summed E-state index contributed by atoms with van der Waals surface area (Å²) in [5.41, 5.74) is 1.29. The lowest BCUT2D eigenvalue weighted by Crippen LogP contribution is -2.21. The number of anilines is 1. The number of nitrogens with one attached hydrogen (secondary N) is 1. The third kappa shape index (κ3) is 4.66. The van der Waals surface area contributed by atoms with Crippen LogP contribution in [0.2, 0.25) is 0 Å². The molecule has 5 heteroatoms. The molecule has 0 saturated carbocycles. The summed E-state index contributed by atoms with van der Waals surface area (Å²) in [6.45, 7) is 10.6. The van der Waals surface area contributed by atoms with E-state index in [1.165, 1.54) is 22.1 Å². The maximum Gasteiger partial charge on any atom is 0.185 e. The molecule has 0 spiro atoms. The molecule has 1 aromatic heterocycles. The number of thiazole rings is 1. The number of nitrogens with zero attached hydrogens (tertiary/aromatic N) is 2. The lowest BCUT2D eigenvalue weighted by Gasteiger charge is -2.14. The van der Waals surface area contributed by atoms with Gasteiger partial charge in [0.2, 0.25) is 0 Å². The van der Waals surface area contributed by atoms with E-state index in [1.807, 2.05) is 11.3 Å². The van der Waals surface area contributed by atoms with Crippen molar-refractivity contribution in [1.82, 2.24) is 10.3 Å². The highest BCUT2D eigenvalue weighted by atomic mass is 32.1. The standard InChI is InChI=1S/C16H29N3OS/c1-5-6-14-15(9-17-12(2)3)21-16(18-14)19-8-7-13(10-19)11-20-4/h12-13,17H,5-11H2,1-4H3. The van der Waals surface area contributed by atoms with Crippen molar-refractivity contribution in [3.63, 3.8) is 0 Å². The molecular formula is C16H29N3OS. The van der Waals surface area contributed by atoms with Gasteiger partial charge in [0, 0.05) is 43.6 Å². The zero-order chi connectivity index (χ0) is 15.2. The number of methoxy groups -OCH3 is 1. The van der Waals surface area contributed by atoms with Gasteiger partial charge >= 0.3 is 0 Å². The molecule has 1 aromatic rings. The van der Waals surface area contributed by atoms with Gasteiger partial charge in [0.05, 0.1) is 12.3 Å². The first-order valence-corrected chi connectivity index (χ1v) is 8.91. The maximum atomic E-state index is 5.29. The van der Waals surface area contributed by atoms with Gasteiger partial charge in [-0.15, -0.1) is 11.3 Å². The molecule has 2 heterocycles. The van der Waals surface area contributed by atoms with Crippen molar-refractivity contribution < 1.29 is 4.74 Å². The fraction of sp³-hybridized carbons (Fsp3) is 0.812. The van der Waals surface area contributed by atoms with E-state index in [4.69, 9.17) is 9.72 Å². The van der Waals surface area contributed by atoms with Crippen LogP contribution >= 0.6 is 11.3 Å². The Balaban J connectivity index is 2.04. The summed E-state index contributed by atoms with van der Waals surface area (Å²) in [5, 5.41) is 4.73. The van der Waals surface area contributed by atoms with Crippen LogP contribution in [-0.4, -0.2) is 37.8 Å². The fourth-order valence-corrected chi connectivity index (χ4v) is 3.84. The van der Waals surface area contributed by atoms with Gasteiger partial charge in [-0.05, 0) is 12.8 Å². The Morgan fingerprint density at radius 2 is 2.29 bits per heavy atom. The summed E-state index contributed by atoms with van der Waals surface area (Å²) in [7, 11) is 1.79. The Morgan fingerprint density at radius 1 is 1.48 bits per heavy atom. The van der Waals surface area contributed by atoms with Crippen LogP contribution in [0.4, 0.5) is 5.13 Å². The van der Waals surface area contributed by atoms with Gasteiger partial charge in [0.15, 0.2) is 5.13 Å². The van der Waals surface area contributed by atoms with E-state index >= 15 is 0 Å². The van der Waals surface area contributed by atoms with Crippen molar-refractivity contribution >= 4 is 16.5 Å². The van der Waals surface area contributed by atoms with Crippen LogP contribution < -0.4 is 10.2 Å². The van der Waals surface area contributed by atoms with Gasteiger partial charge in [-0.1, -0.05) is 27.2 Å². The van der Waals surface area contributed by atoms with Crippen molar-refractivity contribution in [1.29, 1.82) is 0 Å². The summed E-state index contributed by atoms with van der Waals surface area (Å²) in [5.74, 6) is 0.658. The molecule has 2 rings (SSSR count). The molecule has 4 nitrogen and oxygen atoms in total. The lowest BCUT2D eigenvalue weighted by molar-refractivity contribution is 0.161. The first kappa shape index (κ1) is 16.7. The van der Waals surface area contributed by atoms with Gasteiger partial charge in [-0.2, -0.15) is 0 Å². The molecule has 0 aliphatic carbocycles. The monoisotopic (exact) mass is 311 g/mol. The molecule has 1 saturated heterocycles. The smallest absolute Gasteiger partial charge is 0.185 e. The van der Waals surface area contributed by atoms with Crippen molar-refractivity contribution in [2.45, 2.75) is 52.6 Å². The predicted molar refractivity (Wildman–Crippen MR) is 90.3 cm³/mol. The van der Waals surface area contributed by atoms with Crippen LogP contribution in [0, 0.1) is 5.92 Å². The zero-order valence-electron chi connectivity index (χ0n) is 13.8. The summed E-state index contributed by atoms with van der Waals surface area (Å²) >= 11 is 1.87. The van der Waals surface area contributed by atoms with E-state index in [9.17, 15) is 0 Å². The normalized spacial score (nSPS) is 18.9. The van der Waals surface area contributed by atoms with Gasteiger partial charge in [0.25, 0.3) is 0 Å². The fourth-order valence-electron chi connectivity index (χ4n) is 2.75. The van der Waals surface area contributed by atoms with E-state index < -0.39 is 0 Å². The van der Waals surface area contributed by atoms with Crippen LogP contribution in [0.1, 0.15) is 44.2 Å². The lowest BCUT2D eigenvalue weighted by atomic mass is 10.1. The second-order valence-corrected chi connectivity index (χ2v) is 7.27. The van der Waals surface area contributed by atoms with Crippen LogP contribution in [0.25, 0.3) is 0 Å². The Morgan fingerprint density at radius 3 is 2.95 bits per heavy atom. The summed E-state index contributed by atoms with van der Waals surface area (Å²) in [6.07, 6.45) is 3.46. The summed E-state index contributed by atoms with van der Waals surface area (Å²) in [6, 6.07) is 0.517. The molecule has 1 atom stereocenters. The SMILES string of the molecule is CCCc1nc(N2CCC(COC)C2)sc1CNC(C)C. The highest BCUT2D eigenvalue weighted by Crippen LogP contribution is 2.31. The van der Waals surface area contributed by atoms with Gasteiger partial charge in [0.1, 0.15) is 0 Å². The second-order valence-electron chi connectivity index (χ2n) is 6.21. The van der Waals surface area contributed by atoms with Crippen LogP contribution in [0.5, 0.6) is 0 Å². The molecule has 1 N–H and O–H groups in total. The Labute approximate surface area is 132 Å². The highest BCUT2D eigenvalue weighted by molar-refractivity contribution is 7.15. The van der Waals surface area contributed by atoms with Gasteiger partial charge < -0.3 is 15.0 Å². The second kappa shape index (κ2) is 8.11. The van der Waals surface area contributed by atoms with Gasteiger partial charge in [-0.25, -0.2) is 4.98 Å². The third-order valence-corrected chi connectivity index (χ3v) is 5.04. The van der Waals surface area contributed by atoms with Crippen molar-refractivity contribution in [3.05, 3.63) is 10.6 Å². The minimum atomic E-state index is 0.517. The summed E-state index contributed by atoms with van der Waals surface area (Å²) < 4.78 is 5.29. The molecule has 120 valence electrons. The quantitative estimate of drug-likeness (QED) is 0.800. The molecule has 0 radical (unpaired) electrons. The number of hydrogen-bond acceptors (Lipinski definition) is 5. The Kier molecular flexibility index (Phi) is 6.45. The number of rotatable bonds is 8. The molecule has 0 bridgehead atoms. The number of ether oxygens (including phenoxy) is 1. The van der Waals surface area contributed by atoms with E-state index in [0.717, 1.165) is 39.1 Å². The molecule has 1 aliphatic rings. The van der Waals surface area contributed by atoms with Crippen molar-refractivity contribution in [2.24, 2.45) is 5.92 Å². The average Bonchev–Trinajstić information content (AvgIpc) is 3.04. The van der Waals surface area contributed by atoms with Crippen molar-refractivity contribution in [2.75, 3.05) is 31.7 Å². The Bertz CT molecular complexity index is 433. The van der Waals surface area contributed by atoms with Crippen LogP contribution in [0.15, 0.2) is 0 Å². The Hall–Kier alpha value is -0.650. The zero-order valence-corrected chi connectivity index (χ0v) is 14.6. The predicted octanol–water partition coefficient (Wildman–Crippen LogP) is 3.07. The third-order valence-electron chi connectivity index (χ3n) is 3.88. The number of hydrogen-bond donors (Lipinski definition) is 1. The van der Waals surface area contributed by atoms with E-state index in [2.05, 4.69) is 31.0 Å². The molecule has 1 fully saturated rings. The molecule has 1 aliphatic heterocycles. The molecular weight excluding hydrogens is 282 g/mol. The van der Waals surface area contributed by atoms with Crippen molar-refractivity contribution in [3.8, 4) is 0 Å². The average molecular weight is 311 g/mol. The molecule has 21 heavy (non-hydrogen) atoms. The maximum absolute atomic E-state index is 5.29. The van der Waals surface area contributed by atoms with Gasteiger partial charge in [-0.3, -0.25) is 0 Å². The van der Waals surface area contributed by atoms with E-state index in [1.54, 1.807) is 7.11 Å². The topological polar surface area (TPSA) is 37.4 Å². The molecule has 0 aromatic carbocycles. The van der Waals surface area contributed by atoms with E-state index in [-0.39, 0.29) is 0 Å². The largest absolute Gasteiger partial charge is 0.384 e. The first-order valence-electron chi connectivity index (χ1n) is 8.09. The van der Waals surface area contributed by atoms with Crippen LogP contribution in [-0.2, 0) is 17.7 Å². The minimum absolute atomic E-state index is 0.517. The molecule has 0 amide bonds. The summed E-state index contributed by atoms with van der Waals surface area (Å²) in [4.78, 5) is 8.77. The first-order chi connectivity index (χ1) is 10.1. The number of aryl methyl sites for hydroxylation is 1. The molecule has 1 unspecified atom stereocenters. The minimum Gasteiger partial charge on any atom is -0.384 e.